The van der Waals surface area contributed by atoms with Crippen LogP contribution < -0.4 is 14.8 Å². The molecule has 0 fully saturated rings. The number of hydrogen-bond acceptors (Lipinski definition) is 5. The number of anilines is 1. The highest BCUT2D eigenvalue weighted by atomic mass is 79.9. The van der Waals surface area contributed by atoms with Crippen LogP contribution in [0.25, 0.3) is 0 Å². The van der Waals surface area contributed by atoms with Gasteiger partial charge < -0.3 is 14.8 Å². The lowest BCUT2D eigenvalue weighted by Crippen LogP contribution is -2.24. The number of carbonyl (C=O) groups excluding carboxylic acids is 1. The third-order valence-corrected chi connectivity index (χ3v) is 4.77. The van der Waals surface area contributed by atoms with Gasteiger partial charge >= 0.3 is 0 Å². The molecule has 9 heteroatoms. The van der Waals surface area contributed by atoms with Crippen LogP contribution in [0.4, 0.5) is 5.69 Å². The van der Waals surface area contributed by atoms with Gasteiger partial charge in [-0.15, -0.1) is 0 Å². The molecular formula is C21H26BrN5O3. The highest BCUT2D eigenvalue weighted by Crippen LogP contribution is 2.29. The van der Waals surface area contributed by atoms with Gasteiger partial charge in [0.15, 0.2) is 11.5 Å². The zero-order chi connectivity index (χ0) is 21.5. The maximum Gasteiger partial charge on any atom is 0.229 e. The van der Waals surface area contributed by atoms with Crippen molar-refractivity contribution in [1.82, 2.24) is 19.6 Å². The van der Waals surface area contributed by atoms with Crippen molar-refractivity contribution in [2.75, 3.05) is 18.5 Å². The largest absolute Gasteiger partial charge is 0.490 e. The Morgan fingerprint density at radius 1 is 1.10 bits per heavy atom. The number of amides is 1. The molecule has 8 nitrogen and oxygen atoms in total. The Kier molecular flexibility index (Phi) is 7.51. The van der Waals surface area contributed by atoms with Crippen molar-refractivity contribution in [2.24, 2.45) is 5.92 Å². The van der Waals surface area contributed by atoms with Gasteiger partial charge in [-0.05, 0) is 47.5 Å². The lowest BCUT2D eigenvalue weighted by molar-refractivity contribution is -0.119. The fraction of sp³-hybridized carbons (Fsp3) is 0.381. The molecule has 30 heavy (non-hydrogen) atoms. The number of rotatable bonds is 10. The van der Waals surface area contributed by atoms with Crippen molar-refractivity contribution in [1.29, 1.82) is 0 Å². The van der Waals surface area contributed by atoms with Gasteiger partial charge in [-0.25, -0.2) is 0 Å². The Morgan fingerprint density at radius 3 is 2.53 bits per heavy atom. The van der Waals surface area contributed by atoms with E-state index in [0.717, 1.165) is 21.5 Å². The third kappa shape index (κ3) is 5.85. The monoisotopic (exact) mass is 475 g/mol. The van der Waals surface area contributed by atoms with Crippen molar-refractivity contribution in [3.8, 4) is 11.5 Å². The predicted octanol–water partition coefficient (Wildman–Crippen LogP) is 3.96. The fourth-order valence-electron chi connectivity index (χ4n) is 2.96. The summed E-state index contributed by atoms with van der Waals surface area (Å²) in [6.45, 7) is 7.95. The molecule has 1 unspecified atom stereocenters. The lowest BCUT2D eigenvalue weighted by atomic mass is 10.1. The topological polar surface area (TPSA) is 83.2 Å². The Labute approximate surface area is 184 Å². The first-order valence-corrected chi connectivity index (χ1v) is 10.7. The minimum absolute atomic E-state index is 0.0825. The molecule has 0 aliphatic carbocycles. The molecule has 1 amide bonds. The molecule has 0 spiro atoms. The van der Waals surface area contributed by atoms with E-state index in [4.69, 9.17) is 9.47 Å². The Morgan fingerprint density at radius 2 is 1.83 bits per heavy atom. The van der Waals surface area contributed by atoms with Crippen molar-refractivity contribution >= 4 is 27.5 Å². The predicted molar refractivity (Wildman–Crippen MR) is 118 cm³/mol. The SMILES string of the molecule is CCOc1ccc(Cn2cc(NC(=O)C(C)Cn3cc(Br)cn3)cn2)cc1OCC. The number of carbonyl (C=O) groups is 1. The fourth-order valence-corrected chi connectivity index (χ4v) is 3.29. The molecular weight excluding hydrogens is 450 g/mol. The van der Waals surface area contributed by atoms with E-state index in [1.165, 1.54) is 0 Å². The van der Waals surface area contributed by atoms with E-state index < -0.39 is 0 Å². The second-order valence-electron chi connectivity index (χ2n) is 6.84. The van der Waals surface area contributed by atoms with Crippen LogP contribution in [0.5, 0.6) is 11.5 Å². The number of nitrogens with one attached hydrogen (secondary N) is 1. The van der Waals surface area contributed by atoms with Gasteiger partial charge in [0.05, 0.1) is 54.8 Å². The second-order valence-corrected chi connectivity index (χ2v) is 7.76. The molecule has 0 saturated carbocycles. The molecule has 0 aliphatic rings. The number of benzene rings is 1. The molecule has 2 aromatic heterocycles. The minimum Gasteiger partial charge on any atom is -0.490 e. The summed E-state index contributed by atoms with van der Waals surface area (Å²) in [4.78, 5) is 12.5. The number of aromatic nitrogens is 4. The third-order valence-electron chi connectivity index (χ3n) is 4.36. The van der Waals surface area contributed by atoms with E-state index in [1.807, 2.05) is 51.4 Å². The van der Waals surface area contributed by atoms with E-state index in [1.54, 1.807) is 21.8 Å². The van der Waals surface area contributed by atoms with E-state index in [-0.39, 0.29) is 11.8 Å². The number of ether oxygens (including phenoxy) is 2. The molecule has 0 bridgehead atoms. The average molecular weight is 476 g/mol. The number of nitrogens with zero attached hydrogens (tertiary/aromatic N) is 4. The zero-order valence-electron chi connectivity index (χ0n) is 17.3. The summed E-state index contributed by atoms with van der Waals surface area (Å²) in [5.41, 5.74) is 1.69. The van der Waals surface area contributed by atoms with Crippen LogP contribution >= 0.6 is 15.9 Å². The van der Waals surface area contributed by atoms with Gasteiger partial charge in [0, 0.05) is 12.4 Å². The molecule has 3 aromatic rings. The lowest BCUT2D eigenvalue weighted by Gasteiger charge is -2.12. The highest BCUT2D eigenvalue weighted by molar-refractivity contribution is 9.10. The van der Waals surface area contributed by atoms with Crippen molar-refractivity contribution < 1.29 is 14.3 Å². The molecule has 2 heterocycles. The normalized spacial score (nSPS) is 11.9. The van der Waals surface area contributed by atoms with Gasteiger partial charge in [-0.1, -0.05) is 13.0 Å². The van der Waals surface area contributed by atoms with Crippen LogP contribution in [0, 0.1) is 5.92 Å². The van der Waals surface area contributed by atoms with E-state index in [0.29, 0.717) is 32.0 Å². The van der Waals surface area contributed by atoms with E-state index in [2.05, 4.69) is 31.4 Å². The minimum atomic E-state index is -0.236. The standard InChI is InChI=1S/C21H26BrN5O3/c1-4-29-19-7-6-16(8-20(19)30-5-2)12-27-14-18(10-24-27)25-21(28)15(3)11-26-13-17(22)9-23-26/h6-10,13-15H,4-5,11-12H2,1-3H3,(H,25,28). The zero-order valence-corrected chi connectivity index (χ0v) is 18.9. The molecule has 160 valence electrons. The molecule has 0 radical (unpaired) electrons. The first-order chi connectivity index (χ1) is 14.5. The van der Waals surface area contributed by atoms with Gasteiger partial charge in [0.2, 0.25) is 5.91 Å². The summed E-state index contributed by atoms with van der Waals surface area (Å²) < 4.78 is 15.7. The molecule has 3 rings (SSSR count). The molecule has 1 atom stereocenters. The number of halogens is 1. The van der Waals surface area contributed by atoms with Gasteiger partial charge in [-0.3, -0.25) is 14.2 Å². The van der Waals surface area contributed by atoms with Crippen molar-refractivity contribution in [3.63, 3.8) is 0 Å². The summed E-state index contributed by atoms with van der Waals surface area (Å²) >= 11 is 3.36. The summed E-state index contributed by atoms with van der Waals surface area (Å²) in [5.74, 6) is 1.13. The maximum atomic E-state index is 12.5. The van der Waals surface area contributed by atoms with Crippen LogP contribution in [-0.2, 0) is 17.9 Å². The second kappa shape index (κ2) is 10.3. The quantitative estimate of drug-likeness (QED) is 0.479. The molecule has 1 N–H and O–H groups in total. The van der Waals surface area contributed by atoms with Crippen LogP contribution in [0.2, 0.25) is 0 Å². The molecule has 1 aromatic carbocycles. The average Bonchev–Trinajstić information content (AvgIpc) is 3.32. The smallest absolute Gasteiger partial charge is 0.229 e. The van der Waals surface area contributed by atoms with Crippen molar-refractivity contribution in [2.45, 2.75) is 33.9 Å². The van der Waals surface area contributed by atoms with Gasteiger partial charge in [0.25, 0.3) is 0 Å². The van der Waals surface area contributed by atoms with Crippen LogP contribution in [0.15, 0.2) is 47.5 Å². The summed E-state index contributed by atoms with van der Waals surface area (Å²) in [6, 6.07) is 5.85. The Hall–Kier alpha value is -2.81. The van der Waals surface area contributed by atoms with Gasteiger partial charge in [0.1, 0.15) is 0 Å². The van der Waals surface area contributed by atoms with Crippen LogP contribution in [-0.4, -0.2) is 38.7 Å². The Bertz CT molecular complexity index is 985. The summed E-state index contributed by atoms with van der Waals surface area (Å²) in [6.07, 6.45) is 7.00. The van der Waals surface area contributed by atoms with E-state index in [9.17, 15) is 4.79 Å². The maximum absolute atomic E-state index is 12.5. The van der Waals surface area contributed by atoms with Crippen LogP contribution in [0.1, 0.15) is 26.3 Å². The van der Waals surface area contributed by atoms with Crippen molar-refractivity contribution in [3.05, 3.63) is 53.0 Å². The molecule has 0 saturated heterocycles. The number of hydrogen-bond donors (Lipinski definition) is 1. The first kappa shape index (κ1) is 21.9. The summed E-state index contributed by atoms with van der Waals surface area (Å²) in [7, 11) is 0. The Balaban J connectivity index is 1.60. The van der Waals surface area contributed by atoms with Gasteiger partial charge in [-0.2, -0.15) is 10.2 Å². The first-order valence-electron chi connectivity index (χ1n) is 9.88. The molecule has 0 aliphatic heterocycles. The van der Waals surface area contributed by atoms with Crippen LogP contribution in [0.3, 0.4) is 0 Å². The highest BCUT2D eigenvalue weighted by Gasteiger charge is 2.15. The summed E-state index contributed by atoms with van der Waals surface area (Å²) in [5, 5.41) is 11.5. The van der Waals surface area contributed by atoms with E-state index >= 15 is 0 Å².